The largest absolute Gasteiger partial charge is 0.409 e. The standard InChI is InChI=1S/C10H12BrF2N3O/c1-16(5-8(12)13)7-4-2-3-6(11)9(7)10(14)15-17/h2-4,8,17H,5H2,1H3,(H2,14,15). The lowest BCUT2D eigenvalue weighted by molar-refractivity contribution is 0.156. The Morgan fingerprint density at radius 3 is 2.76 bits per heavy atom. The maximum absolute atomic E-state index is 12.3. The van der Waals surface area contributed by atoms with Gasteiger partial charge in [0.05, 0.1) is 12.1 Å². The van der Waals surface area contributed by atoms with Crippen molar-refractivity contribution in [2.45, 2.75) is 6.43 Å². The van der Waals surface area contributed by atoms with Crippen molar-refractivity contribution >= 4 is 27.5 Å². The second kappa shape index (κ2) is 5.81. The van der Waals surface area contributed by atoms with Crippen LogP contribution < -0.4 is 10.6 Å². The smallest absolute Gasteiger partial charge is 0.255 e. The molecule has 0 radical (unpaired) electrons. The van der Waals surface area contributed by atoms with Gasteiger partial charge in [-0.2, -0.15) is 0 Å². The summed E-state index contributed by atoms with van der Waals surface area (Å²) in [5.74, 6) is -0.131. The molecule has 1 aromatic carbocycles. The van der Waals surface area contributed by atoms with Crippen molar-refractivity contribution in [1.82, 2.24) is 0 Å². The van der Waals surface area contributed by atoms with Crippen LogP contribution in [0, 0.1) is 0 Å². The van der Waals surface area contributed by atoms with E-state index in [1.165, 1.54) is 11.9 Å². The Bertz CT molecular complexity index is 426. The van der Waals surface area contributed by atoms with Crippen LogP contribution in [-0.2, 0) is 0 Å². The molecule has 0 atom stereocenters. The monoisotopic (exact) mass is 307 g/mol. The number of rotatable bonds is 4. The number of oxime groups is 1. The van der Waals surface area contributed by atoms with E-state index in [2.05, 4.69) is 21.1 Å². The van der Waals surface area contributed by atoms with Crippen molar-refractivity contribution in [2.24, 2.45) is 10.9 Å². The molecular formula is C10H12BrF2N3O. The topological polar surface area (TPSA) is 61.8 Å². The number of benzene rings is 1. The fourth-order valence-corrected chi connectivity index (χ4v) is 2.00. The average Bonchev–Trinajstić information content (AvgIpc) is 2.26. The lowest BCUT2D eigenvalue weighted by atomic mass is 10.1. The average molecular weight is 308 g/mol. The summed E-state index contributed by atoms with van der Waals surface area (Å²) >= 11 is 3.24. The molecule has 1 rings (SSSR count). The molecule has 0 fully saturated rings. The number of hydrogen-bond donors (Lipinski definition) is 2. The third-order valence-corrected chi connectivity index (χ3v) is 2.84. The first kappa shape index (κ1) is 13.7. The van der Waals surface area contributed by atoms with Gasteiger partial charge in [0, 0.05) is 17.2 Å². The number of nitrogens with two attached hydrogens (primary N) is 1. The number of nitrogens with zero attached hydrogens (tertiary/aromatic N) is 2. The van der Waals surface area contributed by atoms with Crippen LogP contribution >= 0.6 is 15.9 Å². The molecule has 0 saturated heterocycles. The van der Waals surface area contributed by atoms with Gasteiger partial charge < -0.3 is 15.8 Å². The molecule has 0 bridgehead atoms. The van der Waals surface area contributed by atoms with Gasteiger partial charge >= 0.3 is 0 Å². The van der Waals surface area contributed by atoms with Crippen LogP contribution in [0.15, 0.2) is 27.8 Å². The zero-order valence-corrected chi connectivity index (χ0v) is 10.7. The number of alkyl halides is 2. The van der Waals surface area contributed by atoms with Gasteiger partial charge in [-0.15, -0.1) is 0 Å². The quantitative estimate of drug-likeness (QED) is 0.388. The Kier molecular flexibility index (Phi) is 4.68. The fraction of sp³-hybridized carbons (Fsp3) is 0.300. The summed E-state index contributed by atoms with van der Waals surface area (Å²) in [4.78, 5) is 1.35. The molecule has 0 unspecified atom stereocenters. The van der Waals surface area contributed by atoms with Crippen LogP contribution in [-0.4, -0.2) is 31.1 Å². The van der Waals surface area contributed by atoms with Crippen molar-refractivity contribution in [3.8, 4) is 0 Å². The molecule has 7 heteroatoms. The van der Waals surface area contributed by atoms with Crippen LogP contribution in [0.4, 0.5) is 14.5 Å². The van der Waals surface area contributed by atoms with Crippen molar-refractivity contribution in [3.63, 3.8) is 0 Å². The SMILES string of the molecule is CN(CC(F)F)c1cccc(Br)c1/C(N)=N/O. The summed E-state index contributed by atoms with van der Waals surface area (Å²) in [6, 6.07) is 5.00. The van der Waals surface area contributed by atoms with Gasteiger partial charge in [0.25, 0.3) is 6.43 Å². The highest BCUT2D eigenvalue weighted by Gasteiger charge is 2.16. The van der Waals surface area contributed by atoms with E-state index in [1.807, 2.05) is 0 Å². The summed E-state index contributed by atoms with van der Waals surface area (Å²) in [6.07, 6.45) is -2.46. The van der Waals surface area contributed by atoms with Crippen molar-refractivity contribution in [3.05, 3.63) is 28.2 Å². The van der Waals surface area contributed by atoms with Crippen LogP contribution in [0.2, 0.25) is 0 Å². The zero-order chi connectivity index (χ0) is 13.0. The van der Waals surface area contributed by atoms with E-state index < -0.39 is 13.0 Å². The molecule has 17 heavy (non-hydrogen) atoms. The highest BCUT2D eigenvalue weighted by molar-refractivity contribution is 9.10. The lowest BCUT2D eigenvalue weighted by Crippen LogP contribution is -2.27. The Morgan fingerprint density at radius 1 is 1.59 bits per heavy atom. The maximum atomic E-state index is 12.3. The number of anilines is 1. The first-order chi connectivity index (χ1) is 7.97. The maximum Gasteiger partial charge on any atom is 0.255 e. The Hall–Kier alpha value is -1.37. The van der Waals surface area contributed by atoms with Gasteiger partial charge in [-0.3, -0.25) is 0 Å². The van der Waals surface area contributed by atoms with E-state index in [4.69, 9.17) is 10.9 Å². The first-order valence-electron chi connectivity index (χ1n) is 4.73. The normalized spacial score (nSPS) is 11.9. The predicted octanol–water partition coefficient (Wildman–Crippen LogP) is 2.24. The Balaban J connectivity index is 3.19. The fourth-order valence-electron chi connectivity index (χ4n) is 1.44. The lowest BCUT2D eigenvalue weighted by Gasteiger charge is -2.22. The summed E-state index contributed by atoms with van der Waals surface area (Å²) in [7, 11) is 1.52. The number of halogens is 3. The number of amidine groups is 1. The summed E-state index contributed by atoms with van der Waals surface area (Å²) in [5, 5.41) is 11.6. The molecule has 0 aliphatic carbocycles. The molecule has 0 amide bonds. The van der Waals surface area contributed by atoms with E-state index >= 15 is 0 Å². The molecular weight excluding hydrogens is 296 g/mol. The van der Waals surface area contributed by atoms with E-state index in [0.29, 0.717) is 15.7 Å². The molecule has 0 spiro atoms. The second-order valence-corrected chi connectivity index (χ2v) is 4.25. The summed E-state index contributed by atoms with van der Waals surface area (Å²) in [5.41, 5.74) is 6.38. The van der Waals surface area contributed by atoms with Gasteiger partial charge in [0.15, 0.2) is 5.84 Å². The Morgan fingerprint density at radius 2 is 2.24 bits per heavy atom. The third-order valence-electron chi connectivity index (χ3n) is 2.18. The molecule has 4 nitrogen and oxygen atoms in total. The molecule has 1 aromatic rings. The third kappa shape index (κ3) is 3.29. The van der Waals surface area contributed by atoms with Crippen LogP contribution in [0.3, 0.4) is 0 Å². The Labute approximate surface area is 106 Å². The van der Waals surface area contributed by atoms with Gasteiger partial charge in [-0.05, 0) is 28.1 Å². The van der Waals surface area contributed by atoms with E-state index in [0.717, 1.165) is 0 Å². The molecule has 0 aliphatic rings. The van der Waals surface area contributed by atoms with Gasteiger partial charge in [0.2, 0.25) is 0 Å². The highest BCUT2D eigenvalue weighted by atomic mass is 79.9. The molecule has 0 saturated carbocycles. The van der Waals surface area contributed by atoms with Crippen LogP contribution in [0.1, 0.15) is 5.56 Å². The first-order valence-corrected chi connectivity index (χ1v) is 5.52. The zero-order valence-electron chi connectivity index (χ0n) is 9.07. The van der Waals surface area contributed by atoms with E-state index in [9.17, 15) is 8.78 Å². The van der Waals surface area contributed by atoms with E-state index in [1.54, 1.807) is 18.2 Å². The summed E-state index contributed by atoms with van der Waals surface area (Å²) in [6.45, 7) is -0.428. The van der Waals surface area contributed by atoms with Crippen LogP contribution in [0.5, 0.6) is 0 Å². The minimum absolute atomic E-state index is 0.131. The summed E-state index contributed by atoms with van der Waals surface area (Å²) < 4.78 is 25.2. The van der Waals surface area contributed by atoms with Crippen molar-refractivity contribution in [2.75, 3.05) is 18.5 Å². The van der Waals surface area contributed by atoms with Crippen molar-refractivity contribution in [1.29, 1.82) is 0 Å². The molecule has 3 N–H and O–H groups in total. The van der Waals surface area contributed by atoms with Gasteiger partial charge in [0.1, 0.15) is 0 Å². The second-order valence-electron chi connectivity index (χ2n) is 3.39. The highest BCUT2D eigenvalue weighted by Crippen LogP contribution is 2.27. The molecule has 0 heterocycles. The molecule has 94 valence electrons. The predicted molar refractivity (Wildman–Crippen MR) is 65.9 cm³/mol. The molecule has 0 aliphatic heterocycles. The number of hydrogen-bond acceptors (Lipinski definition) is 3. The van der Waals surface area contributed by atoms with Crippen LogP contribution in [0.25, 0.3) is 0 Å². The molecule has 0 aromatic heterocycles. The minimum atomic E-state index is -2.46. The minimum Gasteiger partial charge on any atom is -0.409 e. The van der Waals surface area contributed by atoms with E-state index in [-0.39, 0.29) is 5.84 Å². The van der Waals surface area contributed by atoms with Gasteiger partial charge in [-0.25, -0.2) is 8.78 Å². The van der Waals surface area contributed by atoms with Gasteiger partial charge in [-0.1, -0.05) is 11.2 Å². The van der Waals surface area contributed by atoms with Crippen molar-refractivity contribution < 1.29 is 14.0 Å².